The molecule has 0 radical (unpaired) electrons. The molecule has 0 aliphatic rings. The van der Waals surface area contributed by atoms with Crippen LogP contribution in [0.2, 0.25) is 0 Å². The molecule has 0 saturated heterocycles. The molecule has 1 atom stereocenters. The number of para-hydroxylation sites is 2. The van der Waals surface area contributed by atoms with Gasteiger partial charge in [-0.25, -0.2) is 4.79 Å². The number of hydrogen-bond donors (Lipinski definition) is 3. The highest BCUT2D eigenvalue weighted by Crippen LogP contribution is 2.25. The number of rotatable bonds is 15. The Morgan fingerprint density at radius 2 is 1.39 bits per heavy atom. The number of Topliss-reactive ketones (excluding diaryl/α,β-unsaturated/α-hetero) is 1. The van der Waals surface area contributed by atoms with Crippen LogP contribution in [0.3, 0.4) is 0 Å². The van der Waals surface area contributed by atoms with Crippen LogP contribution in [0.15, 0.2) is 103 Å². The van der Waals surface area contributed by atoms with Crippen LogP contribution in [-0.2, 0) is 11.2 Å². The Morgan fingerprint density at radius 3 is 2.05 bits per heavy atom. The zero-order chi connectivity index (χ0) is 31.5. The summed E-state index contributed by atoms with van der Waals surface area (Å²) < 4.78 is 5.90. The van der Waals surface area contributed by atoms with E-state index in [1.54, 1.807) is 48.5 Å². The van der Waals surface area contributed by atoms with Gasteiger partial charge in [0.25, 0.3) is 0 Å². The first kappa shape index (κ1) is 32.0. The maximum Gasteiger partial charge on any atom is 0.326 e. The lowest BCUT2D eigenvalue weighted by Gasteiger charge is -2.19. The third-order valence-corrected chi connectivity index (χ3v) is 7.02. The topological polar surface area (TPSA) is 105 Å². The van der Waals surface area contributed by atoms with Crippen LogP contribution in [0.4, 0.5) is 11.4 Å². The standard InChI is InChI=1S/C37H40N2O5/c1-37(2,3)25-34(40)29-14-7-9-16-31(29)38-22-11-23-44-28-20-18-26(19-21-28)24-33(36(42)43)39-32-17-10-8-15-30(32)35(41)27-12-5-4-6-13-27/h4-10,12-21,33,38-39H,11,22-25H2,1-3H3,(H,42,43). The van der Waals surface area contributed by atoms with Gasteiger partial charge in [0.2, 0.25) is 0 Å². The van der Waals surface area contributed by atoms with Crippen molar-refractivity contribution in [2.75, 3.05) is 23.8 Å². The molecule has 0 aliphatic carbocycles. The lowest BCUT2D eigenvalue weighted by Crippen LogP contribution is -2.32. The van der Waals surface area contributed by atoms with Crippen molar-refractivity contribution in [2.24, 2.45) is 5.41 Å². The van der Waals surface area contributed by atoms with Crippen molar-refractivity contribution in [3.05, 3.63) is 125 Å². The van der Waals surface area contributed by atoms with Gasteiger partial charge in [-0.3, -0.25) is 9.59 Å². The zero-order valence-electron chi connectivity index (χ0n) is 25.5. The van der Waals surface area contributed by atoms with E-state index in [9.17, 15) is 19.5 Å². The number of anilines is 2. The molecule has 0 bridgehead atoms. The predicted molar refractivity (Wildman–Crippen MR) is 175 cm³/mol. The highest BCUT2D eigenvalue weighted by Gasteiger charge is 2.22. The number of aliphatic carboxylic acids is 1. The number of ether oxygens (including phenoxy) is 1. The fourth-order valence-electron chi connectivity index (χ4n) is 4.84. The summed E-state index contributed by atoms with van der Waals surface area (Å²) in [5, 5.41) is 16.4. The number of carboxylic acids is 1. The molecule has 3 N–H and O–H groups in total. The number of carboxylic acid groups (broad SMARTS) is 1. The van der Waals surface area contributed by atoms with Crippen LogP contribution in [0.5, 0.6) is 5.75 Å². The second kappa shape index (κ2) is 15.0. The molecule has 0 heterocycles. The number of carbonyl (C=O) groups is 3. The third-order valence-electron chi connectivity index (χ3n) is 7.02. The minimum absolute atomic E-state index is 0.0764. The Bertz CT molecular complexity index is 1560. The van der Waals surface area contributed by atoms with Crippen molar-refractivity contribution in [1.29, 1.82) is 0 Å². The third kappa shape index (κ3) is 9.30. The predicted octanol–water partition coefficient (Wildman–Crippen LogP) is 7.53. The van der Waals surface area contributed by atoms with Crippen molar-refractivity contribution in [1.82, 2.24) is 0 Å². The van der Waals surface area contributed by atoms with E-state index in [0.717, 1.165) is 17.7 Å². The lowest BCUT2D eigenvalue weighted by atomic mass is 9.87. The summed E-state index contributed by atoms with van der Waals surface area (Å²) in [6.45, 7) is 7.31. The first-order valence-corrected chi connectivity index (χ1v) is 14.9. The van der Waals surface area contributed by atoms with Crippen molar-refractivity contribution in [3.8, 4) is 5.75 Å². The first-order valence-electron chi connectivity index (χ1n) is 14.9. The minimum Gasteiger partial charge on any atom is -0.494 e. The van der Waals surface area contributed by atoms with Crippen LogP contribution >= 0.6 is 0 Å². The van der Waals surface area contributed by atoms with Gasteiger partial charge in [0, 0.05) is 47.5 Å². The number of benzene rings is 4. The summed E-state index contributed by atoms with van der Waals surface area (Å²) in [7, 11) is 0. The van der Waals surface area contributed by atoms with Crippen LogP contribution in [0.1, 0.15) is 65.5 Å². The molecule has 44 heavy (non-hydrogen) atoms. The fraction of sp³-hybridized carbons (Fsp3) is 0.270. The van der Waals surface area contributed by atoms with Crippen LogP contribution < -0.4 is 15.4 Å². The van der Waals surface area contributed by atoms with E-state index in [1.807, 2.05) is 54.6 Å². The van der Waals surface area contributed by atoms with Gasteiger partial charge < -0.3 is 20.5 Å². The molecule has 0 spiro atoms. The molecule has 4 aromatic rings. The molecule has 0 aliphatic heterocycles. The van der Waals surface area contributed by atoms with Gasteiger partial charge in [-0.05, 0) is 53.8 Å². The molecular formula is C37H40N2O5. The highest BCUT2D eigenvalue weighted by molar-refractivity contribution is 6.12. The number of hydrogen-bond acceptors (Lipinski definition) is 6. The van der Waals surface area contributed by atoms with E-state index in [4.69, 9.17) is 4.74 Å². The maximum absolute atomic E-state index is 13.1. The lowest BCUT2D eigenvalue weighted by molar-refractivity contribution is -0.137. The largest absolute Gasteiger partial charge is 0.494 e. The summed E-state index contributed by atoms with van der Waals surface area (Å²) in [5.41, 5.74) is 3.72. The fourth-order valence-corrected chi connectivity index (χ4v) is 4.84. The second-order valence-corrected chi connectivity index (χ2v) is 12.0. The van der Waals surface area contributed by atoms with Crippen molar-refractivity contribution < 1.29 is 24.2 Å². The number of nitrogens with one attached hydrogen (secondary N) is 2. The van der Waals surface area contributed by atoms with E-state index in [0.29, 0.717) is 47.7 Å². The van der Waals surface area contributed by atoms with Gasteiger partial charge in [-0.15, -0.1) is 0 Å². The van der Waals surface area contributed by atoms with E-state index >= 15 is 0 Å². The summed E-state index contributed by atoms with van der Waals surface area (Å²) in [5.74, 6) is -0.371. The monoisotopic (exact) mass is 592 g/mol. The van der Waals surface area contributed by atoms with E-state index in [2.05, 4.69) is 31.4 Å². The van der Waals surface area contributed by atoms with Gasteiger partial charge in [0.15, 0.2) is 11.6 Å². The first-order chi connectivity index (χ1) is 21.1. The molecule has 7 nitrogen and oxygen atoms in total. The smallest absolute Gasteiger partial charge is 0.326 e. The Balaban J connectivity index is 1.29. The number of carbonyl (C=O) groups excluding carboxylic acids is 2. The summed E-state index contributed by atoms with van der Waals surface area (Å²) in [6.07, 6.45) is 1.44. The second-order valence-electron chi connectivity index (χ2n) is 12.0. The summed E-state index contributed by atoms with van der Waals surface area (Å²) >= 11 is 0. The Morgan fingerprint density at radius 1 is 0.773 bits per heavy atom. The Kier molecular flexibility index (Phi) is 10.9. The number of ketones is 2. The molecule has 4 aromatic carbocycles. The average Bonchev–Trinajstić information content (AvgIpc) is 3.01. The molecular weight excluding hydrogens is 552 g/mol. The molecule has 4 rings (SSSR count). The van der Waals surface area contributed by atoms with E-state index in [-0.39, 0.29) is 23.4 Å². The van der Waals surface area contributed by atoms with Crippen LogP contribution in [0, 0.1) is 5.41 Å². The van der Waals surface area contributed by atoms with Crippen molar-refractivity contribution in [3.63, 3.8) is 0 Å². The molecule has 0 amide bonds. The molecule has 1 unspecified atom stereocenters. The maximum atomic E-state index is 13.1. The zero-order valence-corrected chi connectivity index (χ0v) is 25.5. The van der Waals surface area contributed by atoms with Gasteiger partial charge >= 0.3 is 5.97 Å². The van der Waals surface area contributed by atoms with E-state index < -0.39 is 12.0 Å². The van der Waals surface area contributed by atoms with E-state index in [1.165, 1.54) is 0 Å². The Hall–Kier alpha value is -4.91. The molecule has 228 valence electrons. The van der Waals surface area contributed by atoms with Crippen molar-refractivity contribution >= 4 is 28.9 Å². The average molecular weight is 593 g/mol. The summed E-state index contributed by atoms with van der Waals surface area (Å²) in [6, 6.07) is 29.9. The SMILES string of the molecule is CC(C)(C)CC(=O)c1ccccc1NCCCOc1ccc(CC(Nc2ccccc2C(=O)c2ccccc2)C(=O)O)cc1. The minimum atomic E-state index is -1.01. The molecule has 7 heteroatoms. The normalized spacial score (nSPS) is 11.8. The van der Waals surface area contributed by atoms with Crippen molar-refractivity contribution in [2.45, 2.75) is 46.1 Å². The van der Waals surface area contributed by atoms with Gasteiger partial charge in [0.05, 0.1) is 6.61 Å². The van der Waals surface area contributed by atoms with Gasteiger partial charge in [0.1, 0.15) is 11.8 Å². The quantitative estimate of drug-likeness (QED) is 0.0968. The molecule has 0 saturated carbocycles. The molecule has 0 fully saturated rings. The summed E-state index contributed by atoms with van der Waals surface area (Å²) in [4.78, 5) is 38.0. The molecule has 0 aromatic heterocycles. The van der Waals surface area contributed by atoms with Crippen LogP contribution in [-0.4, -0.2) is 41.8 Å². The van der Waals surface area contributed by atoms with Crippen LogP contribution in [0.25, 0.3) is 0 Å². The Labute approximate surface area is 259 Å². The van der Waals surface area contributed by atoms with Gasteiger partial charge in [-0.2, -0.15) is 0 Å². The highest BCUT2D eigenvalue weighted by atomic mass is 16.5. The van der Waals surface area contributed by atoms with Gasteiger partial charge in [-0.1, -0.05) is 87.5 Å².